The smallest absolute Gasteiger partial charge is 0.394 e. The molecule has 0 aliphatic rings. The van der Waals surface area contributed by atoms with Gasteiger partial charge in [0.1, 0.15) is 0 Å². The standard InChI is InChI=1S/C14H16N2O4.H5O10P3/c1-10-9-16(14(19)15-12(10)18)13(20-8-7-17)11-5-3-2-4-6-11;1-11(2,3)9-13(7,8)10-12(4,5)6/h2-6,9,13,17H,7-8H2,1H3,(H,15,18,19);(H,7,8)(H2,1,2,3)(H2,4,5,6). The second-order valence-electron chi connectivity index (χ2n) is 5.95. The van der Waals surface area contributed by atoms with Crippen LogP contribution in [0.15, 0.2) is 46.1 Å². The van der Waals surface area contributed by atoms with Crippen LogP contribution in [0.2, 0.25) is 0 Å². The van der Waals surface area contributed by atoms with Gasteiger partial charge in [0.15, 0.2) is 6.23 Å². The van der Waals surface area contributed by atoms with E-state index in [0.29, 0.717) is 5.56 Å². The highest BCUT2D eigenvalue weighted by Crippen LogP contribution is 2.64. The molecule has 0 bridgehead atoms. The van der Waals surface area contributed by atoms with E-state index in [9.17, 15) is 23.3 Å². The molecule has 1 atom stereocenters. The maximum Gasteiger partial charge on any atom is 0.490 e. The topological polar surface area (TPSA) is 255 Å². The first-order chi connectivity index (χ1) is 15.0. The first-order valence-electron chi connectivity index (χ1n) is 8.50. The van der Waals surface area contributed by atoms with Crippen molar-refractivity contribution in [1.82, 2.24) is 9.55 Å². The zero-order valence-electron chi connectivity index (χ0n) is 16.7. The molecule has 0 radical (unpaired) electrons. The minimum Gasteiger partial charge on any atom is -0.394 e. The van der Waals surface area contributed by atoms with Gasteiger partial charge in [0.25, 0.3) is 5.56 Å². The Morgan fingerprint density at radius 3 is 1.94 bits per heavy atom. The molecule has 1 aromatic carbocycles. The van der Waals surface area contributed by atoms with Crippen molar-refractivity contribution < 1.29 is 56.6 Å². The fourth-order valence-electron chi connectivity index (χ4n) is 2.16. The van der Waals surface area contributed by atoms with Crippen LogP contribution < -0.4 is 11.2 Å². The molecular weight excluding hydrogens is 513 g/mol. The average Bonchev–Trinajstić information content (AvgIpc) is 2.63. The number of aromatic amines is 1. The zero-order chi connectivity index (χ0) is 25.4. The van der Waals surface area contributed by atoms with Gasteiger partial charge in [0.2, 0.25) is 0 Å². The summed E-state index contributed by atoms with van der Waals surface area (Å²) in [6.45, 7) is 1.55. The van der Waals surface area contributed by atoms with Gasteiger partial charge < -0.3 is 34.3 Å². The molecule has 16 nitrogen and oxygen atoms in total. The summed E-state index contributed by atoms with van der Waals surface area (Å²) in [5.74, 6) is 0. The maximum absolute atomic E-state index is 11.9. The Morgan fingerprint density at radius 2 is 1.48 bits per heavy atom. The van der Waals surface area contributed by atoms with Crippen molar-refractivity contribution in [3.8, 4) is 0 Å². The Bertz CT molecular complexity index is 1140. The van der Waals surface area contributed by atoms with Crippen LogP contribution >= 0.6 is 23.5 Å². The van der Waals surface area contributed by atoms with Crippen molar-refractivity contribution in [2.75, 3.05) is 13.2 Å². The molecule has 186 valence electrons. The minimum atomic E-state index is -5.46. The lowest BCUT2D eigenvalue weighted by Crippen LogP contribution is -2.35. The third-order valence-corrected chi connectivity index (χ3v) is 6.62. The third-order valence-electron chi connectivity index (χ3n) is 3.27. The van der Waals surface area contributed by atoms with Crippen LogP contribution in [0.3, 0.4) is 0 Å². The molecule has 0 amide bonds. The number of nitrogens with zero attached hydrogens (tertiary/aromatic N) is 1. The molecule has 2 aromatic rings. The summed E-state index contributed by atoms with van der Waals surface area (Å²) >= 11 is 0. The molecular formula is C14H21N2O14P3. The SMILES string of the molecule is Cc1cn(C(OCCO)c2ccccc2)c(=O)[nH]c1=O.O=P(O)(O)OP(=O)(O)OP(=O)(O)O. The van der Waals surface area contributed by atoms with Gasteiger partial charge in [0, 0.05) is 17.3 Å². The predicted octanol–water partition coefficient (Wildman–Crippen LogP) is -0.294. The van der Waals surface area contributed by atoms with E-state index < -0.39 is 40.9 Å². The monoisotopic (exact) mass is 534 g/mol. The molecule has 19 heteroatoms. The summed E-state index contributed by atoms with van der Waals surface area (Å²) in [5, 5.41) is 8.91. The Kier molecular flexibility index (Phi) is 10.7. The van der Waals surface area contributed by atoms with Crippen molar-refractivity contribution in [1.29, 1.82) is 0 Å². The van der Waals surface area contributed by atoms with Gasteiger partial charge in [-0.1, -0.05) is 30.3 Å². The van der Waals surface area contributed by atoms with Crippen LogP contribution in [0.5, 0.6) is 0 Å². The van der Waals surface area contributed by atoms with Crippen molar-refractivity contribution in [2.45, 2.75) is 13.2 Å². The lowest BCUT2D eigenvalue weighted by Gasteiger charge is -2.20. The fraction of sp³-hybridized carbons (Fsp3) is 0.286. The normalized spacial score (nSPS) is 13.2. The number of H-pyrrole nitrogens is 1. The van der Waals surface area contributed by atoms with E-state index in [1.807, 2.05) is 30.3 Å². The summed E-state index contributed by atoms with van der Waals surface area (Å²) in [7, 11) is -16.2. The number of hydrogen-bond acceptors (Lipinski definition) is 9. The number of aromatic nitrogens is 2. The van der Waals surface area contributed by atoms with E-state index in [0.717, 1.165) is 5.56 Å². The number of aryl methyl sites for hydroxylation is 1. The van der Waals surface area contributed by atoms with Crippen LogP contribution in [0.4, 0.5) is 0 Å². The second-order valence-corrected chi connectivity index (χ2v) is 10.2. The van der Waals surface area contributed by atoms with Gasteiger partial charge in [-0.05, 0) is 6.92 Å². The summed E-state index contributed by atoms with van der Waals surface area (Å²) in [4.78, 5) is 65.8. The minimum absolute atomic E-state index is 0.0875. The Balaban J connectivity index is 0.000000366. The van der Waals surface area contributed by atoms with Gasteiger partial charge >= 0.3 is 29.2 Å². The fourth-order valence-corrected chi connectivity index (χ4v) is 4.70. The van der Waals surface area contributed by atoms with Crippen LogP contribution in [0.1, 0.15) is 17.4 Å². The van der Waals surface area contributed by atoms with Crippen molar-refractivity contribution in [3.63, 3.8) is 0 Å². The average molecular weight is 534 g/mol. The molecule has 1 heterocycles. The number of ether oxygens (including phenoxy) is 1. The second kappa shape index (κ2) is 12.1. The van der Waals surface area contributed by atoms with Gasteiger partial charge in [-0.3, -0.25) is 14.3 Å². The molecule has 1 unspecified atom stereocenters. The lowest BCUT2D eigenvalue weighted by molar-refractivity contribution is 0.00784. The van der Waals surface area contributed by atoms with E-state index in [1.165, 1.54) is 10.8 Å². The van der Waals surface area contributed by atoms with E-state index in [-0.39, 0.29) is 13.2 Å². The molecule has 0 aliphatic carbocycles. The summed E-state index contributed by atoms with van der Waals surface area (Å²) in [6.07, 6.45) is 0.766. The van der Waals surface area contributed by atoms with E-state index >= 15 is 0 Å². The first kappa shape index (κ1) is 29.3. The van der Waals surface area contributed by atoms with Crippen molar-refractivity contribution in [2.24, 2.45) is 0 Å². The summed E-state index contributed by atoms with van der Waals surface area (Å²) in [6, 6.07) is 9.14. The highest BCUT2D eigenvalue weighted by Gasteiger charge is 2.38. The summed E-state index contributed by atoms with van der Waals surface area (Å²) < 4.78 is 43.2. The molecule has 0 saturated heterocycles. The number of benzene rings is 1. The number of aliphatic hydroxyl groups is 1. The molecule has 0 saturated carbocycles. The van der Waals surface area contributed by atoms with Crippen LogP contribution in [-0.2, 0) is 27.1 Å². The Morgan fingerprint density at radius 1 is 0.970 bits per heavy atom. The predicted molar refractivity (Wildman–Crippen MR) is 110 cm³/mol. The number of nitrogens with one attached hydrogen (secondary N) is 1. The Hall–Kier alpha value is -1.77. The largest absolute Gasteiger partial charge is 0.490 e. The number of hydrogen-bond donors (Lipinski definition) is 7. The molecule has 33 heavy (non-hydrogen) atoms. The van der Waals surface area contributed by atoms with Crippen LogP contribution in [0.25, 0.3) is 0 Å². The maximum atomic E-state index is 11.9. The van der Waals surface area contributed by atoms with Gasteiger partial charge in [-0.2, -0.15) is 8.62 Å². The third kappa shape index (κ3) is 11.3. The molecule has 0 spiro atoms. The zero-order valence-corrected chi connectivity index (χ0v) is 19.4. The van der Waals surface area contributed by atoms with E-state index in [2.05, 4.69) is 13.6 Å². The van der Waals surface area contributed by atoms with Crippen LogP contribution in [-0.4, -0.2) is 52.3 Å². The molecule has 0 aliphatic heterocycles. The van der Waals surface area contributed by atoms with Crippen molar-refractivity contribution in [3.05, 3.63) is 68.5 Å². The molecule has 0 fully saturated rings. The number of aliphatic hydroxyl groups excluding tert-OH is 1. The first-order valence-corrected chi connectivity index (χ1v) is 13.1. The molecule has 2 rings (SSSR count). The van der Waals surface area contributed by atoms with Crippen LogP contribution in [0, 0.1) is 6.92 Å². The molecule has 7 N–H and O–H groups in total. The van der Waals surface area contributed by atoms with Gasteiger partial charge in [-0.25, -0.2) is 18.5 Å². The quantitative estimate of drug-likeness (QED) is 0.204. The number of rotatable bonds is 9. The van der Waals surface area contributed by atoms with Gasteiger partial charge in [0.05, 0.1) is 13.2 Å². The van der Waals surface area contributed by atoms with Gasteiger partial charge in [-0.15, -0.1) is 0 Å². The highest BCUT2D eigenvalue weighted by molar-refractivity contribution is 7.66. The number of phosphoric acid groups is 3. The lowest BCUT2D eigenvalue weighted by atomic mass is 10.2. The highest BCUT2D eigenvalue weighted by atomic mass is 31.3. The summed E-state index contributed by atoms with van der Waals surface area (Å²) in [5.41, 5.74) is 0.209. The molecule has 1 aromatic heterocycles. The van der Waals surface area contributed by atoms with E-state index in [4.69, 9.17) is 34.3 Å². The van der Waals surface area contributed by atoms with Crippen molar-refractivity contribution >= 4 is 23.5 Å². The van der Waals surface area contributed by atoms with E-state index in [1.54, 1.807) is 6.92 Å². The Labute approximate surface area is 185 Å².